The van der Waals surface area contributed by atoms with Crippen molar-refractivity contribution in [2.24, 2.45) is 5.92 Å². The molecule has 1 nitrogen and oxygen atoms in total. The SMILES string of the molecule is CC(Nc1cc(Cl)ccc1Cl)C1CCCC1. The smallest absolute Gasteiger partial charge is 0.0638 e. The lowest BCUT2D eigenvalue weighted by Gasteiger charge is -2.22. The summed E-state index contributed by atoms with van der Waals surface area (Å²) < 4.78 is 0. The molecule has 3 heteroatoms. The predicted molar refractivity (Wildman–Crippen MR) is 71.5 cm³/mol. The van der Waals surface area contributed by atoms with E-state index >= 15 is 0 Å². The van der Waals surface area contributed by atoms with Gasteiger partial charge < -0.3 is 5.32 Å². The Balaban J connectivity index is 2.04. The number of rotatable bonds is 3. The second kappa shape index (κ2) is 5.29. The van der Waals surface area contributed by atoms with Crippen LogP contribution in [0.1, 0.15) is 32.6 Å². The van der Waals surface area contributed by atoms with E-state index in [2.05, 4.69) is 12.2 Å². The standard InChI is InChI=1S/C13H17Cl2N/c1-9(10-4-2-3-5-10)16-13-8-11(14)6-7-12(13)15/h6-10,16H,2-5H2,1H3. The Morgan fingerprint density at radius 1 is 1.25 bits per heavy atom. The van der Waals surface area contributed by atoms with Gasteiger partial charge in [0, 0.05) is 11.1 Å². The first-order valence-corrected chi connectivity index (χ1v) is 6.64. The van der Waals surface area contributed by atoms with Crippen molar-refractivity contribution in [3.8, 4) is 0 Å². The van der Waals surface area contributed by atoms with Crippen molar-refractivity contribution in [3.63, 3.8) is 0 Å². The van der Waals surface area contributed by atoms with E-state index in [1.807, 2.05) is 18.2 Å². The topological polar surface area (TPSA) is 12.0 Å². The first-order chi connectivity index (χ1) is 7.66. The van der Waals surface area contributed by atoms with Crippen LogP contribution in [0.4, 0.5) is 5.69 Å². The van der Waals surface area contributed by atoms with E-state index in [1.165, 1.54) is 25.7 Å². The molecule has 1 saturated carbocycles. The minimum atomic E-state index is 0.471. The maximum absolute atomic E-state index is 6.13. The summed E-state index contributed by atoms with van der Waals surface area (Å²) in [5, 5.41) is 4.95. The average molecular weight is 258 g/mol. The molecule has 0 heterocycles. The normalized spacial score (nSPS) is 18.7. The second-order valence-electron chi connectivity index (χ2n) is 4.60. The van der Waals surface area contributed by atoms with Gasteiger partial charge in [0.2, 0.25) is 0 Å². The summed E-state index contributed by atoms with van der Waals surface area (Å²) in [6.07, 6.45) is 5.37. The summed E-state index contributed by atoms with van der Waals surface area (Å²) in [5.74, 6) is 0.773. The van der Waals surface area contributed by atoms with E-state index < -0.39 is 0 Å². The van der Waals surface area contributed by atoms with E-state index in [4.69, 9.17) is 23.2 Å². The summed E-state index contributed by atoms with van der Waals surface area (Å²) in [5.41, 5.74) is 0.952. The van der Waals surface area contributed by atoms with Crippen molar-refractivity contribution >= 4 is 28.9 Å². The van der Waals surface area contributed by atoms with E-state index in [-0.39, 0.29) is 0 Å². The van der Waals surface area contributed by atoms with Crippen LogP contribution in [0.2, 0.25) is 10.0 Å². The van der Waals surface area contributed by atoms with Crippen LogP contribution in [0.3, 0.4) is 0 Å². The molecule has 0 aliphatic heterocycles. The van der Waals surface area contributed by atoms with Crippen molar-refractivity contribution in [1.29, 1.82) is 0 Å². The van der Waals surface area contributed by atoms with Crippen LogP contribution in [0.25, 0.3) is 0 Å². The zero-order chi connectivity index (χ0) is 11.5. The Bertz CT molecular complexity index is 359. The highest BCUT2D eigenvalue weighted by molar-refractivity contribution is 6.35. The number of nitrogens with one attached hydrogen (secondary N) is 1. The average Bonchev–Trinajstić information content (AvgIpc) is 2.76. The molecule has 1 aromatic carbocycles. The molecular weight excluding hydrogens is 241 g/mol. The molecule has 88 valence electrons. The van der Waals surface area contributed by atoms with Crippen LogP contribution in [-0.2, 0) is 0 Å². The largest absolute Gasteiger partial charge is 0.381 e. The summed E-state index contributed by atoms with van der Waals surface area (Å²) in [4.78, 5) is 0. The van der Waals surface area contributed by atoms with Gasteiger partial charge in [-0.1, -0.05) is 36.0 Å². The summed E-state index contributed by atoms with van der Waals surface area (Å²) in [7, 11) is 0. The maximum atomic E-state index is 6.13. The van der Waals surface area contributed by atoms with Crippen LogP contribution in [-0.4, -0.2) is 6.04 Å². The lowest BCUT2D eigenvalue weighted by molar-refractivity contribution is 0.482. The first-order valence-electron chi connectivity index (χ1n) is 5.88. The lowest BCUT2D eigenvalue weighted by Crippen LogP contribution is -2.23. The monoisotopic (exact) mass is 257 g/mol. The Morgan fingerprint density at radius 2 is 1.94 bits per heavy atom. The van der Waals surface area contributed by atoms with Gasteiger partial charge in [-0.05, 0) is 43.9 Å². The molecule has 16 heavy (non-hydrogen) atoms. The van der Waals surface area contributed by atoms with Crippen molar-refractivity contribution < 1.29 is 0 Å². The third-order valence-electron chi connectivity index (χ3n) is 3.42. The fourth-order valence-corrected chi connectivity index (χ4v) is 2.77. The number of anilines is 1. The molecule has 0 radical (unpaired) electrons. The van der Waals surface area contributed by atoms with Crippen LogP contribution in [0.5, 0.6) is 0 Å². The Labute approximate surface area is 107 Å². The molecule has 1 aliphatic rings. The molecular formula is C13H17Cl2N. The molecule has 0 amide bonds. The highest BCUT2D eigenvalue weighted by Crippen LogP contribution is 2.32. The third-order valence-corrected chi connectivity index (χ3v) is 3.98. The van der Waals surface area contributed by atoms with Crippen molar-refractivity contribution in [2.75, 3.05) is 5.32 Å². The number of hydrogen-bond acceptors (Lipinski definition) is 1. The quantitative estimate of drug-likeness (QED) is 0.805. The molecule has 0 saturated heterocycles. The second-order valence-corrected chi connectivity index (χ2v) is 5.45. The van der Waals surface area contributed by atoms with E-state index in [0.29, 0.717) is 6.04 Å². The minimum Gasteiger partial charge on any atom is -0.381 e. The van der Waals surface area contributed by atoms with E-state index in [1.54, 1.807) is 0 Å². The lowest BCUT2D eigenvalue weighted by atomic mass is 9.99. The Hall–Kier alpha value is -0.400. The van der Waals surface area contributed by atoms with Crippen molar-refractivity contribution in [2.45, 2.75) is 38.6 Å². The fourth-order valence-electron chi connectivity index (χ4n) is 2.43. The van der Waals surface area contributed by atoms with Gasteiger partial charge in [0.1, 0.15) is 0 Å². The van der Waals surface area contributed by atoms with E-state index in [9.17, 15) is 0 Å². The molecule has 0 bridgehead atoms. The number of hydrogen-bond donors (Lipinski definition) is 1. The molecule has 1 aliphatic carbocycles. The van der Waals surface area contributed by atoms with Gasteiger partial charge in [0.15, 0.2) is 0 Å². The van der Waals surface area contributed by atoms with Gasteiger partial charge >= 0.3 is 0 Å². The molecule has 1 atom stereocenters. The highest BCUT2D eigenvalue weighted by atomic mass is 35.5. The maximum Gasteiger partial charge on any atom is 0.0638 e. The zero-order valence-electron chi connectivity index (χ0n) is 9.47. The molecule has 1 unspecified atom stereocenters. The summed E-state index contributed by atoms with van der Waals surface area (Å²) >= 11 is 12.1. The van der Waals surface area contributed by atoms with Gasteiger partial charge in [-0.25, -0.2) is 0 Å². The first kappa shape index (κ1) is 12.1. The Morgan fingerprint density at radius 3 is 2.62 bits per heavy atom. The molecule has 1 aromatic rings. The molecule has 1 fully saturated rings. The third kappa shape index (κ3) is 2.83. The van der Waals surface area contributed by atoms with Crippen LogP contribution in [0, 0.1) is 5.92 Å². The van der Waals surface area contributed by atoms with Crippen LogP contribution >= 0.6 is 23.2 Å². The van der Waals surface area contributed by atoms with Crippen LogP contribution < -0.4 is 5.32 Å². The van der Waals surface area contributed by atoms with Crippen molar-refractivity contribution in [1.82, 2.24) is 0 Å². The summed E-state index contributed by atoms with van der Waals surface area (Å²) in [6.45, 7) is 2.23. The van der Waals surface area contributed by atoms with Gasteiger partial charge in [0.05, 0.1) is 10.7 Å². The van der Waals surface area contributed by atoms with Gasteiger partial charge in [0.25, 0.3) is 0 Å². The molecule has 2 rings (SSSR count). The van der Waals surface area contributed by atoms with Gasteiger partial charge in [-0.2, -0.15) is 0 Å². The zero-order valence-corrected chi connectivity index (χ0v) is 11.0. The van der Waals surface area contributed by atoms with Gasteiger partial charge in [-0.3, -0.25) is 0 Å². The predicted octanol–water partition coefficient (Wildman–Crippen LogP) is 4.98. The molecule has 1 N–H and O–H groups in total. The van der Waals surface area contributed by atoms with Gasteiger partial charge in [-0.15, -0.1) is 0 Å². The van der Waals surface area contributed by atoms with Crippen LogP contribution in [0.15, 0.2) is 18.2 Å². The van der Waals surface area contributed by atoms with E-state index in [0.717, 1.165) is 21.7 Å². The minimum absolute atomic E-state index is 0.471. The molecule has 0 aromatic heterocycles. The number of halogens is 2. The summed E-state index contributed by atoms with van der Waals surface area (Å²) in [6, 6.07) is 6.02. The van der Waals surface area contributed by atoms with Crippen molar-refractivity contribution in [3.05, 3.63) is 28.2 Å². The number of benzene rings is 1. The fraction of sp³-hybridized carbons (Fsp3) is 0.538. The Kier molecular flexibility index (Phi) is 3.99. The molecule has 0 spiro atoms. The highest BCUT2D eigenvalue weighted by Gasteiger charge is 2.21.